The molecule has 0 heterocycles. The van der Waals surface area contributed by atoms with Crippen molar-refractivity contribution in [1.82, 2.24) is 0 Å². The van der Waals surface area contributed by atoms with Crippen LogP contribution in [-0.4, -0.2) is 0 Å². The first-order valence-electron chi connectivity index (χ1n) is 3.99. The second kappa shape index (κ2) is 2.94. The summed E-state index contributed by atoms with van der Waals surface area (Å²) in [6.45, 7) is 0. The van der Waals surface area contributed by atoms with E-state index < -0.39 is 0 Å². The van der Waals surface area contributed by atoms with E-state index >= 15 is 0 Å². The lowest BCUT2D eigenvalue weighted by molar-refractivity contribution is 0.626. The van der Waals surface area contributed by atoms with Crippen LogP contribution < -0.4 is 10.4 Å². The van der Waals surface area contributed by atoms with E-state index in [1.807, 2.05) is 18.2 Å². The Morgan fingerprint density at radius 1 is 1.17 bits per heavy atom. The molecule has 0 spiro atoms. The summed E-state index contributed by atoms with van der Waals surface area (Å²) in [4.78, 5) is 0. The summed E-state index contributed by atoms with van der Waals surface area (Å²) in [5.74, 6) is -0.172. The van der Waals surface area contributed by atoms with Crippen LogP contribution in [0.3, 0.4) is 0 Å². The zero-order valence-corrected chi connectivity index (χ0v) is 6.63. The van der Waals surface area contributed by atoms with E-state index in [2.05, 4.69) is 12.2 Å². The van der Waals surface area contributed by atoms with E-state index in [1.54, 1.807) is 6.07 Å². The Balaban J connectivity index is 2.79. The lowest BCUT2D eigenvalue weighted by Gasteiger charge is -1.89. The van der Waals surface area contributed by atoms with Gasteiger partial charge in [-0.2, -0.15) is 0 Å². The highest BCUT2D eigenvalue weighted by atomic mass is 19.1. The van der Waals surface area contributed by atoms with Gasteiger partial charge in [0.25, 0.3) is 0 Å². The van der Waals surface area contributed by atoms with Gasteiger partial charge in [-0.3, -0.25) is 0 Å². The molecule has 0 amide bonds. The molecule has 0 radical (unpaired) electrons. The summed E-state index contributed by atoms with van der Waals surface area (Å²) >= 11 is 0. The minimum absolute atomic E-state index is 0.172. The monoisotopic (exact) mass is 160 g/mol. The van der Waals surface area contributed by atoms with E-state index in [9.17, 15) is 4.39 Å². The molecule has 1 aromatic rings. The van der Waals surface area contributed by atoms with Gasteiger partial charge >= 0.3 is 0 Å². The molecule has 60 valence electrons. The second-order valence-electron chi connectivity index (χ2n) is 2.81. The Hall–Kier alpha value is -1.37. The molecule has 0 bridgehead atoms. The van der Waals surface area contributed by atoms with E-state index in [-0.39, 0.29) is 5.82 Å². The van der Waals surface area contributed by atoms with Crippen molar-refractivity contribution in [2.75, 3.05) is 0 Å². The van der Waals surface area contributed by atoms with Gasteiger partial charge in [0.05, 0.1) is 0 Å². The highest BCUT2D eigenvalue weighted by Gasteiger charge is 1.90. The smallest absolute Gasteiger partial charge is 0.123 e. The van der Waals surface area contributed by atoms with Crippen LogP contribution in [0.4, 0.5) is 4.39 Å². The van der Waals surface area contributed by atoms with E-state index in [0.29, 0.717) is 0 Å². The highest BCUT2D eigenvalue weighted by molar-refractivity contribution is 5.44. The molecule has 0 fully saturated rings. The van der Waals surface area contributed by atoms with Crippen molar-refractivity contribution in [3.8, 4) is 0 Å². The molecule has 0 saturated heterocycles. The van der Waals surface area contributed by atoms with E-state index in [1.165, 1.54) is 6.07 Å². The van der Waals surface area contributed by atoms with Crippen LogP contribution in [0.2, 0.25) is 0 Å². The van der Waals surface area contributed by atoms with Gasteiger partial charge in [0.2, 0.25) is 0 Å². The predicted molar refractivity (Wildman–Crippen MR) is 48.3 cm³/mol. The summed E-state index contributed by atoms with van der Waals surface area (Å²) in [5, 5.41) is 2.07. The van der Waals surface area contributed by atoms with Crippen molar-refractivity contribution < 1.29 is 4.39 Å². The average molecular weight is 160 g/mol. The summed E-state index contributed by atoms with van der Waals surface area (Å²) < 4.78 is 12.8. The predicted octanol–water partition coefficient (Wildman–Crippen LogP) is 1.35. The molecular formula is C11H9F. The first kappa shape index (κ1) is 7.29. The van der Waals surface area contributed by atoms with Crippen molar-refractivity contribution >= 4 is 12.2 Å². The Morgan fingerprint density at radius 3 is 3.00 bits per heavy atom. The maximum absolute atomic E-state index is 12.8. The van der Waals surface area contributed by atoms with Gasteiger partial charge < -0.3 is 0 Å². The quantitative estimate of drug-likeness (QED) is 0.537. The lowest BCUT2D eigenvalue weighted by Crippen LogP contribution is -2.23. The normalized spacial score (nSPS) is 14.1. The largest absolute Gasteiger partial charge is 0.207 e. The summed E-state index contributed by atoms with van der Waals surface area (Å²) in [5.41, 5.74) is 0. The van der Waals surface area contributed by atoms with Gasteiger partial charge in [0, 0.05) is 0 Å². The summed E-state index contributed by atoms with van der Waals surface area (Å²) in [7, 11) is 0. The number of fused-ring (bicyclic) bond motifs is 1. The topological polar surface area (TPSA) is 0 Å². The Kier molecular flexibility index (Phi) is 1.78. The number of rotatable bonds is 0. The van der Waals surface area contributed by atoms with Crippen LogP contribution >= 0.6 is 0 Å². The molecule has 1 aromatic carbocycles. The molecule has 2 rings (SSSR count). The Morgan fingerprint density at radius 2 is 2.08 bits per heavy atom. The molecule has 0 N–H and O–H groups in total. The van der Waals surface area contributed by atoms with Gasteiger partial charge in [-0.15, -0.1) is 0 Å². The van der Waals surface area contributed by atoms with Crippen molar-refractivity contribution in [3.63, 3.8) is 0 Å². The molecule has 12 heavy (non-hydrogen) atoms. The van der Waals surface area contributed by atoms with Gasteiger partial charge in [0.1, 0.15) is 5.82 Å². The molecule has 1 aliphatic rings. The van der Waals surface area contributed by atoms with Gasteiger partial charge in [-0.25, -0.2) is 4.39 Å². The molecule has 0 nitrogen and oxygen atoms in total. The standard InChI is InChI=1S/C11H9F/c12-11-7-6-9-4-2-1-3-5-10(9)8-11/h1,3-8H,2H2. The average Bonchev–Trinajstić information content (AvgIpc) is 2.28. The highest BCUT2D eigenvalue weighted by Crippen LogP contribution is 1.91. The fourth-order valence-electron chi connectivity index (χ4n) is 1.32. The zero-order valence-electron chi connectivity index (χ0n) is 6.63. The second-order valence-corrected chi connectivity index (χ2v) is 2.81. The van der Waals surface area contributed by atoms with Gasteiger partial charge in [-0.05, 0) is 29.0 Å². The van der Waals surface area contributed by atoms with Gasteiger partial charge in [-0.1, -0.05) is 30.4 Å². The molecule has 0 saturated carbocycles. The first-order valence-corrected chi connectivity index (χ1v) is 3.99. The number of allylic oxidation sites excluding steroid dienone is 2. The molecule has 1 heteroatoms. The molecular weight excluding hydrogens is 151 g/mol. The number of benzene rings is 1. The van der Waals surface area contributed by atoms with Crippen LogP contribution in [0.5, 0.6) is 0 Å². The lowest BCUT2D eigenvalue weighted by atomic mass is 10.2. The first-order chi connectivity index (χ1) is 5.86. The van der Waals surface area contributed by atoms with Crippen molar-refractivity contribution in [1.29, 1.82) is 0 Å². The third-order valence-corrected chi connectivity index (χ3v) is 1.93. The van der Waals surface area contributed by atoms with Crippen LogP contribution in [0.1, 0.15) is 6.42 Å². The maximum atomic E-state index is 12.8. The molecule has 0 aliphatic heterocycles. The zero-order chi connectivity index (χ0) is 8.39. The van der Waals surface area contributed by atoms with Crippen molar-refractivity contribution in [3.05, 3.63) is 46.6 Å². The molecule has 0 atom stereocenters. The maximum Gasteiger partial charge on any atom is 0.123 e. The summed E-state index contributed by atoms with van der Waals surface area (Å²) in [6.07, 6.45) is 8.96. The molecule has 0 unspecified atom stereocenters. The third-order valence-electron chi connectivity index (χ3n) is 1.93. The fourth-order valence-corrected chi connectivity index (χ4v) is 1.32. The van der Waals surface area contributed by atoms with Crippen LogP contribution in [0.25, 0.3) is 12.2 Å². The third kappa shape index (κ3) is 1.30. The minimum atomic E-state index is -0.172. The minimum Gasteiger partial charge on any atom is -0.207 e. The van der Waals surface area contributed by atoms with Crippen molar-refractivity contribution in [2.24, 2.45) is 0 Å². The van der Waals surface area contributed by atoms with Crippen LogP contribution in [-0.2, 0) is 0 Å². The molecule has 1 aliphatic carbocycles. The van der Waals surface area contributed by atoms with Crippen LogP contribution in [0.15, 0.2) is 30.4 Å². The van der Waals surface area contributed by atoms with E-state index in [0.717, 1.165) is 16.9 Å². The van der Waals surface area contributed by atoms with Gasteiger partial charge in [0.15, 0.2) is 0 Å². The van der Waals surface area contributed by atoms with E-state index in [4.69, 9.17) is 0 Å². The molecule has 0 aromatic heterocycles. The number of hydrogen-bond donors (Lipinski definition) is 0. The summed E-state index contributed by atoms with van der Waals surface area (Å²) in [6, 6.07) is 4.87. The SMILES string of the molecule is Fc1ccc2c(c1)=CC=CCC=2. The van der Waals surface area contributed by atoms with Crippen molar-refractivity contribution in [2.45, 2.75) is 6.42 Å². The fraction of sp³-hybridized carbons (Fsp3) is 0.0909. The Labute approximate surface area is 70.3 Å². The Bertz CT molecular complexity index is 427. The number of halogens is 1. The number of hydrogen-bond acceptors (Lipinski definition) is 0. The van der Waals surface area contributed by atoms with Crippen LogP contribution in [0, 0.1) is 5.82 Å².